The van der Waals surface area contributed by atoms with E-state index in [0.717, 1.165) is 27.1 Å². The molecule has 0 aliphatic rings. The Balaban J connectivity index is 1.89. The Kier molecular flexibility index (Phi) is 3.18. The molecule has 3 heteroatoms. The fourth-order valence-electron chi connectivity index (χ4n) is 2.16. The van der Waals surface area contributed by atoms with Crippen molar-refractivity contribution in [2.75, 3.05) is 0 Å². The van der Waals surface area contributed by atoms with E-state index in [9.17, 15) is 0 Å². The molecule has 2 nitrogen and oxygen atoms in total. The Bertz CT molecular complexity index is 703. The van der Waals surface area contributed by atoms with Crippen molar-refractivity contribution in [2.45, 2.75) is 13.5 Å². The second-order valence-electron chi connectivity index (χ2n) is 4.56. The van der Waals surface area contributed by atoms with Gasteiger partial charge in [-0.1, -0.05) is 41.9 Å². The number of fused-ring (bicyclic) bond motifs is 1. The zero-order chi connectivity index (χ0) is 13.2. The van der Waals surface area contributed by atoms with Gasteiger partial charge in [-0.3, -0.25) is 0 Å². The van der Waals surface area contributed by atoms with E-state index in [0.29, 0.717) is 6.61 Å². The third-order valence-corrected chi connectivity index (χ3v) is 3.38. The molecule has 0 N–H and O–H groups in total. The van der Waals surface area contributed by atoms with Crippen LogP contribution in [0, 0.1) is 6.92 Å². The summed E-state index contributed by atoms with van der Waals surface area (Å²) in [5.41, 5.74) is 3.35. The molecule has 0 aliphatic carbocycles. The maximum absolute atomic E-state index is 6.02. The highest BCUT2D eigenvalue weighted by molar-refractivity contribution is 6.31. The van der Waals surface area contributed by atoms with Crippen LogP contribution in [0.1, 0.15) is 11.1 Å². The second-order valence-corrected chi connectivity index (χ2v) is 4.99. The number of hydrogen-bond acceptors (Lipinski definition) is 1. The van der Waals surface area contributed by atoms with Crippen molar-refractivity contribution in [2.24, 2.45) is 0 Å². The Morgan fingerprint density at radius 1 is 1.11 bits per heavy atom. The maximum atomic E-state index is 6.02. The number of rotatable bonds is 3. The Labute approximate surface area is 117 Å². The molecule has 0 spiro atoms. The number of aryl methyl sites for hydroxylation is 1. The summed E-state index contributed by atoms with van der Waals surface area (Å²) in [4.78, 5) is 5.84. The molecule has 3 aromatic rings. The van der Waals surface area contributed by atoms with Gasteiger partial charge in [-0.05, 0) is 36.2 Å². The summed E-state index contributed by atoms with van der Waals surface area (Å²) in [5.74, 6) is 0. The van der Waals surface area contributed by atoms with Gasteiger partial charge in [0.05, 0.1) is 5.52 Å². The molecular weight excluding hydrogens is 258 g/mol. The van der Waals surface area contributed by atoms with Crippen molar-refractivity contribution >= 4 is 22.5 Å². The minimum absolute atomic E-state index is 0.548. The first-order chi connectivity index (χ1) is 9.24. The molecule has 3 rings (SSSR count). The molecule has 96 valence electrons. The van der Waals surface area contributed by atoms with Crippen molar-refractivity contribution in [1.82, 2.24) is 4.73 Å². The minimum Gasteiger partial charge on any atom is -0.409 e. The molecule has 1 heterocycles. The van der Waals surface area contributed by atoms with Crippen LogP contribution in [0.5, 0.6) is 0 Å². The van der Waals surface area contributed by atoms with Crippen molar-refractivity contribution < 1.29 is 4.84 Å². The average Bonchev–Trinajstić information content (AvgIpc) is 2.74. The van der Waals surface area contributed by atoms with E-state index >= 15 is 0 Å². The predicted molar refractivity (Wildman–Crippen MR) is 78.4 cm³/mol. The van der Waals surface area contributed by atoms with Gasteiger partial charge in [-0.15, -0.1) is 0 Å². The van der Waals surface area contributed by atoms with Gasteiger partial charge in [0.1, 0.15) is 6.61 Å². The third kappa shape index (κ3) is 2.45. The smallest absolute Gasteiger partial charge is 0.140 e. The molecule has 0 bridgehead atoms. The zero-order valence-corrected chi connectivity index (χ0v) is 11.4. The predicted octanol–water partition coefficient (Wildman–Crippen LogP) is 4.23. The first kappa shape index (κ1) is 12.1. The number of nitrogens with zero attached hydrogens (tertiary/aromatic N) is 1. The quantitative estimate of drug-likeness (QED) is 0.695. The molecule has 0 saturated carbocycles. The summed E-state index contributed by atoms with van der Waals surface area (Å²) < 4.78 is 1.81. The second kappa shape index (κ2) is 4.98. The SMILES string of the molecule is Cc1cn(OCc2ccccc2)c2ccc(Cl)cc12. The molecule has 0 unspecified atom stereocenters. The topological polar surface area (TPSA) is 14.2 Å². The number of hydrogen-bond donors (Lipinski definition) is 0. The van der Waals surface area contributed by atoms with Gasteiger partial charge < -0.3 is 4.84 Å². The molecule has 0 radical (unpaired) electrons. The van der Waals surface area contributed by atoms with Crippen molar-refractivity contribution in [3.63, 3.8) is 0 Å². The molecule has 1 aromatic heterocycles. The van der Waals surface area contributed by atoms with Crippen LogP contribution in [-0.2, 0) is 6.61 Å². The Hall–Kier alpha value is -1.93. The van der Waals surface area contributed by atoms with Crippen LogP contribution < -0.4 is 4.84 Å². The number of halogens is 1. The van der Waals surface area contributed by atoms with Gasteiger partial charge in [-0.2, -0.15) is 4.73 Å². The molecule has 19 heavy (non-hydrogen) atoms. The maximum Gasteiger partial charge on any atom is 0.140 e. The van der Waals surface area contributed by atoms with Gasteiger partial charge in [0, 0.05) is 16.6 Å². The van der Waals surface area contributed by atoms with Gasteiger partial charge in [-0.25, -0.2) is 0 Å². The highest BCUT2D eigenvalue weighted by Crippen LogP contribution is 2.23. The Morgan fingerprint density at radius 3 is 2.68 bits per heavy atom. The largest absolute Gasteiger partial charge is 0.409 e. The van der Waals surface area contributed by atoms with Crippen LogP contribution in [0.25, 0.3) is 10.9 Å². The lowest BCUT2D eigenvalue weighted by Crippen LogP contribution is -2.09. The summed E-state index contributed by atoms with van der Waals surface area (Å²) in [6.07, 6.45) is 1.99. The van der Waals surface area contributed by atoms with Crippen LogP contribution in [0.2, 0.25) is 5.02 Å². The lowest BCUT2D eigenvalue weighted by Gasteiger charge is -2.08. The lowest BCUT2D eigenvalue weighted by atomic mass is 10.2. The fourth-order valence-corrected chi connectivity index (χ4v) is 2.33. The first-order valence-corrected chi connectivity index (χ1v) is 6.56. The Morgan fingerprint density at radius 2 is 1.89 bits per heavy atom. The fraction of sp³-hybridized carbons (Fsp3) is 0.125. The van der Waals surface area contributed by atoms with E-state index < -0.39 is 0 Å². The van der Waals surface area contributed by atoms with E-state index in [4.69, 9.17) is 16.4 Å². The first-order valence-electron chi connectivity index (χ1n) is 6.18. The zero-order valence-electron chi connectivity index (χ0n) is 10.6. The van der Waals surface area contributed by atoms with Gasteiger partial charge in [0.25, 0.3) is 0 Å². The summed E-state index contributed by atoms with van der Waals surface area (Å²) in [7, 11) is 0. The van der Waals surface area contributed by atoms with Crippen molar-refractivity contribution in [3.05, 3.63) is 70.9 Å². The number of aromatic nitrogens is 1. The third-order valence-electron chi connectivity index (χ3n) is 3.14. The minimum atomic E-state index is 0.548. The molecule has 0 amide bonds. The van der Waals surface area contributed by atoms with E-state index in [1.54, 1.807) is 0 Å². The number of benzene rings is 2. The molecule has 0 atom stereocenters. The summed E-state index contributed by atoms with van der Waals surface area (Å²) >= 11 is 6.02. The molecule has 0 aliphatic heterocycles. The van der Waals surface area contributed by atoms with Gasteiger partial charge >= 0.3 is 0 Å². The van der Waals surface area contributed by atoms with Crippen LogP contribution in [0.15, 0.2) is 54.7 Å². The van der Waals surface area contributed by atoms with Crippen molar-refractivity contribution in [3.8, 4) is 0 Å². The van der Waals surface area contributed by atoms with Gasteiger partial charge in [0.15, 0.2) is 0 Å². The van der Waals surface area contributed by atoms with Crippen LogP contribution >= 0.6 is 11.6 Å². The standard InChI is InChI=1S/C16H14ClNO/c1-12-10-18(16-8-7-14(17)9-15(12)16)19-11-13-5-3-2-4-6-13/h2-10H,11H2,1H3. The summed E-state index contributed by atoms with van der Waals surface area (Å²) in [5, 5.41) is 1.87. The highest BCUT2D eigenvalue weighted by Gasteiger charge is 2.06. The highest BCUT2D eigenvalue weighted by atomic mass is 35.5. The normalized spacial score (nSPS) is 10.8. The van der Waals surface area contributed by atoms with E-state index in [1.165, 1.54) is 0 Å². The van der Waals surface area contributed by atoms with Crippen LogP contribution in [0.4, 0.5) is 0 Å². The van der Waals surface area contributed by atoms with Crippen molar-refractivity contribution in [1.29, 1.82) is 0 Å². The monoisotopic (exact) mass is 271 g/mol. The van der Waals surface area contributed by atoms with E-state index in [2.05, 4.69) is 19.1 Å². The van der Waals surface area contributed by atoms with Crippen LogP contribution in [0.3, 0.4) is 0 Å². The molecule has 0 fully saturated rings. The molecule has 0 saturated heterocycles. The van der Waals surface area contributed by atoms with Crippen LogP contribution in [-0.4, -0.2) is 4.73 Å². The summed E-state index contributed by atoms with van der Waals surface area (Å²) in [6, 6.07) is 16.0. The molecular formula is C16H14ClNO. The average molecular weight is 272 g/mol. The van der Waals surface area contributed by atoms with Gasteiger partial charge in [0.2, 0.25) is 0 Å². The summed E-state index contributed by atoms with van der Waals surface area (Å²) in [6.45, 7) is 2.60. The lowest BCUT2D eigenvalue weighted by molar-refractivity contribution is 0.107. The van der Waals surface area contributed by atoms with E-state index in [1.807, 2.05) is 47.3 Å². The van der Waals surface area contributed by atoms with E-state index in [-0.39, 0.29) is 0 Å². The molecule has 2 aromatic carbocycles.